The van der Waals surface area contributed by atoms with Crippen molar-refractivity contribution in [3.8, 4) is 11.5 Å². The molecular weight excluding hydrogens is 362 g/mol. The second-order valence-corrected chi connectivity index (χ2v) is 7.30. The van der Waals surface area contributed by atoms with Crippen molar-refractivity contribution in [2.24, 2.45) is 0 Å². The molecule has 1 aliphatic rings. The minimum Gasteiger partial charge on any atom is -0.486 e. The van der Waals surface area contributed by atoms with Crippen LogP contribution < -0.4 is 14.8 Å². The Morgan fingerprint density at radius 1 is 0.897 bits per heavy atom. The maximum Gasteiger partial charge on any atom is 0.221 e. The number of benzene rings is 3. The molecule has 1 aliphatic heterocycles. The summed E-state index contributed by atoms with van der Waals surface area (Å²) in [5, 5.41) is 3.21. The van der Waals surface area contributed by atoms with E-state index in [0.29, 0.717) is 26.1 Å². The van der Waals surface area contributed by atoms with E-state index in [0.717, 1.165) is 28.2 Å². The summed E-state index contributed by atoms with van der Waals surface area (Å²) < 4.78 is 11.2. The van der Waals surface area contributed by atoms with Gasteiger partial charge in [-0.1, -0.05) is 66.2 Å². The van der Waals surface area contributed by atoms with Crippen LogP contribution in [0.25, 0.3) is 0 Å². The Labute approximate surface area is 171 Å². The Hall–Kier alpha value is -3.27. The first-order valence-corrected chi connectivity index (χ1v) is 9.98. The molecule has 0 radical (unpaired) electrons. The van der Waals surface area contributed by atoms with Crippen LogP contribution in [0.1, 0.15) is 34.7 Å². The van der Waals surface area contributed by atoms with Crippen LogP contribution in [-0.2, 0) is 11.2 Å². The summed E-state index contributed by atoms with van der Waals surface area (Å²) in [5.74, 6) is 1.55. The van der Waals surface area contributed by atoms with Crippen LogP contribution in [0.5, 0.6) is 11.5 Å². The molecule has 0 saturated carbocycles. The molecule has 0 saturated heterocycles. The molecule has 1 heterocycles. The highest BCUT2D eigenvalue weighted by atomic mass is 16.6. The Morgan fingerprint density at radius 2 is 1.59 bits per heavy atom. The molecule has 4 rings (SSSR count). The van der Waals surface area contributed by atoms with Crippen molar-refractivity contribution in [3.05, 3.63) is 95.1 Å². The normalized spacial score (nSPS) is 13.6. The Balaban J connectivity index is 1.45. The molecule has 1 amide bonds. The minimum absolute atomic E-state index is 0.0225. The van der Waals surface area contributed by atoms with E-state index >= 15 is 0 Å². The fourth-order valence-electron chi connectivity index (χ4n) is 3.50. The SMILES string of the molecule is Cc1ccc(C(NC(=O)CCc2ccc3c(c2)OCCO3)c2ccccc2)cc1. The van der Waals surface area contributed by atoms with Crippen LogP contribution in [0, 0.1) is 6.92 Å². The van der Waals surface area contributed by atoms with Gasteiger partial charge in [0.05, 0.1) is 6.04 Å². The molecule has 3 aromatic carbocycles. The first kappa shape index (κ1) is 19.1. The zero-order chi connectivity index (χ0) is 20.1. The molecule has 0 aliphatic carbocycles. The summed E-state index contributed by atoms with van der Waals surface area (Å²) >= 11 is 0. The van der Waals surface area contributed by atoms with Gasteiger partial charge in [0.25, 0.3) is 0 Å². The van der Waals surface area contributed by atoms with Gasteiger partial charge in [0.1, 0.15) is 13.2 Å². The van der Waals surface area contributed by atoms with Crippen LogP contribution in [-0.4, -0.2) is 19.1 Å². The predicted octanol–water partition coefficient (Wildman–Crippen LogP) is 4.60. The maximum absolute atomic E-state index is 12.8. The van der Waals surface area contributed by atoms with Crippen LogP contribution in [0.3, 0.4) is 0 Å². The third-order valence-electron chi connectivity index (χ3n) is 5.10. The zero-order valence-electron chi connectivity index (χ0n) is 16.6. The third kappa shape index (κ3) is 4.77. The van der Waals surface area contributed by atoms with Crippen molar-refractivity contribution in [1.82, 2.24) is 5.32 Å². The monoisotopic (exact) mass is 387 g/mol. The molecule has 0 fully saturated rings. The fraction of sp³-hybridized carbons (Fsp3) is 0.240. The average molecular weight is 387 g/mol. The highest BCUT2D eigenvalue weighted by Crippen LogP contribution is 2.31. The average Bonchev–Trinajstić information content (AvgIpc) is 2.77. The van der Waals surface area contributed by atoms with Gasteiger partial charge in [-0.25, -0.2) is 0 Å². The van der Waals surface area contributed by atoms with Crippen molar-refractivity contribution in [3.63, 3.8) is 0 Å². The molecular formula is C25H25NO3. The van der Waals surface area contributed by atoms with Crippen molar-refractivity contribution in [2.45, 2.75) is 25.8 Å². The van der Waals surface area contributed by atoms with Gasteiger partial charge in [0, 0.05) is 6.42 Å². The van der Waals surface area contributed by atoms with Crippen LogP contribution >= 0.6 is 0 Å². The number of rotatable bonds is 6. The first-order chi connectivity index (χ1) is 14.2. The molecule has 4 nitrogen and oxygen atoms in total. The number of nitrogens with one attached hydrogen (secondary N) is 1. The number of amides is 1. The van der Waals surface area contributed by atoms with Gasteiger partial charge in [-0.05, 0) is 42.2 Å². The van der Waals surface area contributed by atoms with E-state index in [1.54, 1.807) is 0 Å². The summed E-state index contributed by atoms with van der Waals surface area (Å²) in [6.07, 6.45) is 1.06. The predicted molar refractivity (Wildman–Crippen MR) is 113 cm³/mol. The molecule has 1 N–H and O–H groups in total. The highest BCUT2D eigenvalue weighted by molar-refractivity contribution is 5.77. The molecule has 4 heteroatoms. The van der Waals surface area contributed by atoms with Crippen molar-refractivity contribution in [2.75, 3.05) is 13.2 Å². The number of hydrogen-bond acceptors (Lipinski definition) is 3. The van der Waals surface area contributed by atoms with Crippen LogP contribution in [0.4, 0.5) is 0 Å². The van der Waals surface area contributed by atoms with Crippen molar-refractivity contribution < 1.29 is 14.3 Å². The van der Waals surface area contributed by atoms with Gasteiger partial charge in [0.2, 0.25) is 5.91 Å². The summed E-state index contributed by atoms with van der Waals surface area (Å²) in [4.78, 5) is 12.8. The van der Waals surface area contributed by atoms with E-state index in [2.05, 4.69) is 36.5 Å². The summed E-state index contributed by atoms with van der Waals surface area (Å²) in [7, 11) is 0. The lowest BCUT2D eigenvalue weighted by Gasteiger charge is -2.21. The number of carbonyl (C=O) groups excluding carboxylic acids is 1. The van der Waals surface area contributed by atoms with E-state index in [4.69, 9.17) is 9.47 Å². The first-order valence-electron chi connectivity index (χ1n) is 9.98. The fourth-order valence-corrected chi connectivity index (χ4v) is 3.50. The zero-order valence-corrected chi connectivity index (χ0v) is 16.6. The van der Waals surface area contributed by atoms with E-state index in [9.17, 15) is 4.79 Å². The highest BCUT2D eigenvalue weighted by Gasteiger charge is 2.17. The van der Waals surface area contributed by atoms with Crippen molar-refractivity contribution in [1.29, 1.82) is 0 Å². The minimum atomic E-state index is -0.162. The van der Waals surface area contributed by atoms with Crippen molar-refractivity contribution >= 4 is 5.91 Å². The number of hydrogen-bond donors (Lipinski definition) is 1. The molecule has 1 atom stereocenters. The lowest BCUT2D eigenvalue weighted by molar-refractivity contribution is -0.121. The molecule has 29 heavy (non-hydrogen) atoms. The maximum atomic E-state index is 12.8. The number of fused-ring (bicyclic) bond motifs is 1. The van der Waals surface area contributed by atoms with Gasteiger partial charge in [-0.2, -0.15) is 0 Å². The van der Waals surface area contributed by atoms with Crippen LogP contribution in [0.2, 0.25) is 0 Å². The van der Waals surface area contributed by atoms with Gasteiger partial charge in [-0.3, -0.25) is 4.79 Å². The second-order valence-electron chi connectivity index (χ2n) is 7.30. The molecule has 148 valence electrons. The summed E-state index contributed by atoms with van der Waals surface area (Å²) in [5.41, 5.74) is 4.42. The number of ether oxygens (including phenoxy) is 2. The summed E-state index contributed by atoms with van der Waals surface area (Å²) in [6.45, 7) is 3.20. The van der Waals surface area contributed by atoms with E-state index in [1.807, 2.05) is 48.5 Å². The molecule has 1 unspecified atom stereocenters. The van der Waals surface area contributed by atoms with Crippen LogP contribution in [0.15, 0.2) is 72.8 Å². The Bertz CT molecular complexity index is 967. The third-order valence-corrected chi connectivity index (χ3v) is 5.10. The largest absolute Gasteiger partial charge is 0.486 e. The van der Waals surface area contributed by atoms with E-state index in [1.165, 1.54) is 5.56 Å². The van der Waals surface area contributed by atoms with Gasteiger partial charge < -0.3 is 14.8 Å². The van der Waals surface area contributed by atoms with E-state index in [-0.39, 0.29) is 11.9 Å². The molecule has 0 bridgehead atoms. The molecule has 0 aromatic heterocycles. The standard InChI is InChI=1S/C25H25NO3/c1-18-7-11-21(12-8-18)25(20-5-3-2-4-6-20)26-24(27)14-10-19-9-13-22-23(17-19)29-16-15-28-22/h2-9,11-13,17,25H,10,14-16H2,1H3,(H,26,27). The topological polar surface area (TPSA) is 47.6 Å². The quantitative estimate of drug-likeness (QED) is 0.672. The second kappa shape index (κ2) is 8.82. The van der Waals surface area contributed by atoms with Gasteiger partial charge in [0.15, 0.2) is 11.5 Å². The Morgan fingerprint density at radius 3 is 2.34 bits per heavy atom. The molecule has 0 spiro atoms. The lowest BCUT2D eigenvalue weighted by atomic mass is 9.97. The lowest BCUT2D eigenvalue weighted by Crippen LogP contribution is -2.29. The molecule has 3 aromatic rings. The number of aryl methyl sites for hydroxylation is 2. The van der Waals surface area contributed by atoms with E-state index < -0.39 is 0 Å². The van der Waals surface area contributed by atoms with Gasteiger partial charge in [-0.15, -0.1) is 0 Å². The Kier molecular flexibility index (Phi) is 5.80. The smallest absolute Gasteiger partial charge is 0.221 e. The van der Waals surface area contributed by atoms with Gasteiger partial charge >= 0.3 is 0 Å². The summed E-state index contributed by atoms with van der Waals surface area (Å²) in [6, 6.07) is 24.1. The number of carbonyl (C=O) groups is 1.